The molecule has 81 valence electrons. The van der Waals surface area contributed by atoms with Gasteiger partial charge in [-0.1, -0.05) is 13.2 Å². The second-order valence-corrected chi connectivity index (χ2v) is 4.89. The number of nitrogens with zero attached hydrogens (tertiary/aromatic N) is 1. The number of hydrogen-bond acceptors (Lipinski definition) is 4. The lowest BCUT2D eigenvalue weighted by Crippen LogP contribution is -2.30. The summed E-state index contributed by atoms with van der Waals surface area (Å²) in [5.41, 5.74) is 0. The third-order valence-electron chi connectivity index (χ3n) is 2.53. The third kappa shape index (κ3) is 3.81. The van der Waals surface area contributed by atoms with Crippen molar-refractivity contribution in [1.82, 2.24) is 4.90 Å². The molecule has 5 heteroatoms. The lowest BCUT2D eigenvalue weighted by atomic mass is 9.72. The average Bonchev–Trinajstić information content (AvgIpc) is 2.52. The van der Waals surface area contributed by atoms with Gasteiger partial charge in [0.1, 0.15) is 7.28 Å². The van der Waals surface area contributed by atoms with Gasteiger partial charge in [0.2, 0.25) is 0 Å². The maximum absolute atomic E-state index is 9.54. The number of aliphatic hydroxyl groups is 2. The molecule has 1 radical (unpaired) electrons. The highest BCUT2D eigenvalue weighted by molar-refractivity contribution is 7.99. The van der Waals surface area contributed by atoms with Crippen LogP contribution >= 0.6 is 11.8 Å². The van der Waals surface area contributed by atoms with Crippen LogP contribution in [0.3, 0.4) is 0 Å². The zero-order chi connectivity index (χ0) is 10.4. The fourth-order valence-electron chi connectivity index (χ4n) is 1.84. The van der Waals surface area contributed by atoms with E-state index in [-0.39, 0.29) is 12.6 Å². The molecule has 2 atom stereocenters. The summed E-state index contributed by atoms with van der Waals surface area (Å²) in [5.74, 6) is 2.11. The van der Waals surface area contributed by atoms with Crippen LogP contribution in [0.4, 0.5) is 0 Å². The molecule has 1 saturated heterocycles. The predicted octanol–water partition coefficient (Wildman–Crippen LogP) is 0.205. The first kappa shape index (κ1) is 12.4. The van der Waals surface area contributed by atoms with Crippen molar-refractivity contribution >= 4 is 19.0 Å². The molecule has 1 rings (SSSR count). The van der Waals surface area contributed by atoms with Gasteiger partial charge in [0.25, 0.3) is 0 Å². The topological polar surface area (TPSA) is 43.7 Å². The quantitative estimate of drug-likeness (QED) is 0.623. The SMILES string of the molecule is CCSCN1CC(O)CC1C[B]CO. The summed E-state index contributed by atoms with van der Waals surface area (Å²) in [4.78, 5) is 2.31. The largest absolute Gasteiger partial charge is 0.405 e. The summed E-state index contributed by atoms with van der Waals surface area (Å²) in [7, 11) is 1.88. The molecule has 0 aromatic carbocycles. The summed E-state index contributed by atoms with van der Waals surface area (Å²) < 4.78 is 0. The van der Waals surface area contributed by atoms with Crippen LogP contribution in [-0.4, -0.2) is 59.2 Å². The van der Waals surface area contributed by atoms with Gasteiger partial charge in [-0.25, -0.2) is 0 Å². The molecule has 1 heterocycles. The number of aliphatic hydroxyl groups excluding tert-OH is 2. The molecule has 0 amide bonds. The van der Waals surface area contributed by atoms with Gasteiger partial charge in [0.15, 0.2) is 0 Å². The molecule has 1 aliphatic heterocycles. The first-order valence-electron chi connectivity index (χ1n) is 5.20. The highest BCUT2D eigenvalue weighted by Crippen LogP contribution is 2.22. The van der Waals surface area contributed by atoms with Crippen LogP contribution in [0.5, 0.6) is 0 Å². The molecule has 0 aliphatic carbocycles. The van der Waals surface area contributed by atoms with Crippen LogP contribution in [0.1, 0.15) is 13.3 Å². The molecule has 2 unspecified atom stereocenters. The Balaban J connectivity index is 2.29. The van der Waals surface area contributed by atoms with E-state index in [4.69, 9.17) is 5.11 Å². The average molecular weight is 216 g/mol. The Morgan fingerprint density at radius 3 is 3.00 bits per heavy atom. The molecule has 0 saturated carbocycles. The Kier molecular flexibility index (Phi) is 5.93. The van der Waals surface area contributed by atoms with E-state index >= 15 is 0 Å². The molecular formula is C9H19BNO2S. The van der Waals surface area contributed by atoms with Gasteiger partial charge in [0.05, 0.1) is 6.10 Å². The molecule has 3 nitrogen and oxygen atoms in total. The Morgan fingerprint density at radius 1 is 1.57 bits per heavy atom. The summed E-state index contributed by atoms with van der Waals surface area (Å²) in [5, 5.41) is 18.3. The molecular weight excluding hydrogens is 197 g/mol. The second kappa shape index (κ2) is 6.72. The van der Waals surface area contributed by atoms with E-state index < -0.39 is 0 Å². The normalized spacial score (nSPS) is 28.2. The Bertz CT molecular complexity index is 146. The van der Waals surface area contributed by atoms with Gasteiger partial charge in [-0.05, 0) is 12.2 Å². The van der Waals surface area contributed by atoms with E-state index in [1.807, 2.05) is 19.0 Å². The summed E-state index contributed by atoms with van der Waals surface area (Å²) in [6.07, 6.45) is 1.56. The Morgan fingerprint density at radius 2 is 2.36 bits per heavy atom. The van der Waals surface area contributed by atoms with Crippen LogP contribution in [0.2, 0.25) is 6.32 Å². The number of rotatable bonds is 6. The van der Waals surface area contributed by atoms with Gasteiger partial charge in [-0.15, -0.1) is 11.8 Å². The molecule has 1 aliphatic rings. The molecule has 0 aromatic rings. The molecule has 0 spiro atoms. The minimum atomic E-state index is -0.176. The van der Waals surface area contributed by atoms with Crippen molar-refractivity contribution in [3.8, 4) is 0 Å². The van der Waals surface area contributed by atoms with E-state index in [9.17, 15) is 5.11 Å². The molecule has 2 N–H and O–H groups in total. The standard InChI is InChI=1S/C9H19BNO2S/c1-2-14-7-11-5-9(13)3-8(11)4-10-6-12/h8-9,12-13H,2-7H2,1H3. The van der Waals surface area contributed by atoms with Crippen molar-refractivity contribution in [2.45, 2.75) is 31.8 Å². The Hall–Kier alpha value is 0.295. The fraction of sp³-hybridized carbons (Fsp3) is 1.00. The zero-order valence-electron chi connectivity index (χ0n) is 8.72. The van der Waals surface area contributed by atoms with E-state index in [0.717, 1.165) is 30.9 Å². The minimum absolute atomic E-state index is 0.140. The van der Waals surface area contributed by atoms with Gasteiger partial charge >= 0.3 is 0 Å². The highest BCUT2D eigenvalue weighted by Gasteiger charge is 2.29. The van der Waals surface area contributed by atoms with Crippen molar-refractivity contribution in [2.75, 3.05) is 24.7 Å². The van der Waals surface area contributed by atoms with Gasteiger partial charge in [-0.3, -0.25) is 4.90 Å². The lowest BCUT2D eigenvalue weighted by Gasteiger charge is -2.22. The third-order valence-corrected chi connectivity index (χ3v) is 3.46. The van der Waals surface area contributed by atoms with Crippen molar-refractivity contribution in [3.05, 3.63) is 0 Å². The molecule has 0 bridgehead atoms. The van der Waals surface area contributed by atoms with Crippen LogP contribution in [0.15, 0.2) is 0 Å². The first-order valence-corrected chi connectivity index (χ1v) is 6.35. The van der Waals surface area contributed by atoms with Gasteiger partial charge < -0.3 is 10.2 Å². The van der Waals surface area contributed by atoms with Crippen LogP contribution in [-0.2, 0) is 0 Å². The van der Waals surface area contributed by atoms with Crippen molar-refractivity contribution in [3.63, 3.8) is 0 Å². The smallest absolute Gasteiger partial charge is 0.146 e. The number of thioether (sulfide) groups is 1. The number of β-amino-alcohol motifs (C(OH)–C–C–N with tert-alkyl or cyclic N) is 1. The lowest BCUT2D eigenvalue weighted by molar-refractivity contribution is 0.181. The van der Waals surface area contributed by atoms with Crippen LogP contribution in [0, 0.1) is 0 Å². The van der Waals surface area contributed by atoms with E-state index in [1.165, 1.54) is 0 Å². The monoisotopic (exact) mass is 216 g/mol. The summed E-state index contributed by atoms with van der Waals surface area (Å²) in [6.45, 7) is 3.07. The minimum Gasteiger partial charge on any atom is -0.405 e. The first-order chi connectivity index (χ1) is 6.77. The fourth-order valence-corrected chi connectivity index (χ4v) is 2.57. The van der Waals surface area contributed by atoms with E-state index in [0.29, 0.717) is 6.04 Å². The van der Waals surface area contributed by atoms with E-state index in [2.05, 4.69) is 11.8 Å². The van der Waals surface area contributed by atoms with Gasteiger partial charge in [-0.2, -0.15) is 0 Å². The van der Waals surface area contributed by atoms with Gasteiger partial charge in [0, 0.05) is 25.0 Å². The molecule has 1 fully saturated rings. The van der Waals surface area contributed by atoms with Crippen molar-refractivity contribution in [1.29, 1.82) is 0 Å². The van der Waals surface area contributed by atoms with E-state index in [1.54, 1.807) is 0 Å². The van der Waals surface area contributed by atoms with Crippen LogP contribution in [0.25, 0.3) is 0 Å². The van der Waals surface area contributed by atoms with Crippen molar-refractivity contribution in [2.24, 2.45) is 0 Å². The summed E-state index contributed by atoms with van der Waals surface area (Å²) >= 11 is 1.88. The Labute approximate surface area is 91.1 Å². The zero-order valence-corrected chi connectivity index (χ0v) is 9.54. The van der Waals surface area contributed by atoms with Crippen molar-refractivity contribution < 1.29 is 10.2 Å². The molecule has 0 aromatic heterocycles. The second-order valence-electron chi connectivity index (χ2n) is 3.64. The maximum Gasteiger partial charge on any atom is 0.146 e. The number of likely N-dealkylation sites (tertiary alicyclic amines) is 1. The molecule has 14 heavy (non-hydrogen) atoms. The summed E-state index contributed by atoms with van der Waals surface area (Å²) in [6, 6.07) is 0.427. The maximum atomic E-state index is 9.54. The highest BCUT2D eigenvalue weighted by atomic mass is 32.2. The predicted molar refractivity (Wildman–Crippen MR) is 61.8 cm³/mol. The number of hydrogen-bond donors (Lipinski definition) is 2. The van der Waals surface area contributed by atoms with Crippen LogP contribution < -0.4 is 0 Å².